The summed E-state index contributed by atoms with van der Waals surface area (Å²) in [7, 11) is 0. The molecule has 1 saturated heterocycles. The van der Waals surface area contributed by atoms with Crippen LogP contribution in [-0.2, 0) is 19.6 Å². The predicted molar refractivity (Wildman–Crippen MR) is 101 cm³/mol. The number of likely N-dealkylation sites (tertiary alicyclic amines) is 1. The molecule has 1 amide bonds. The largest absolute Gasteiger partial charge is 0.347 e. The van der Waals surface area contributed by atoms with Crippen molar-refractivity contribution in [3.8, 4) is 0 Å². The Labute approximate surface area is 153 Å². The zero-order valence-corrected chi connectivity index (χ0v) is 15.5. The van der Waals surface area contributed by atoms with Crippen molar-refractivity contribution in [2.45, 2.75) is 39.4 Å². The number of rotatable bonds is 6. The Morgan fingerprint density at radius 3 is 2.80 bits per heavy atom. The number of nitrogens with two attached hydrogens (primary N) is 1. The second-order valence-electron chi connectivity index (χ2n) is 6.81. The van der Waals surface area contributed by atoms with Crippen LogP contribution in [0.5, 0.6) is 0 Å². The van der Waals surface area contributed by atoms with Crippen LogP contribution in [0.3, 0.4) is 0 Å². The first-order chi connectivity index (χ1) is 12.1. The summed E-state index contributed by atoms with van der Waals surface area (Å²) in [5.41, 5.74) is 8.40. The molecule has 0 radical (unpaired) electrons. The lowest BCUT2D eigenvalue weighted by atomic mass is 9.99. The van der Waals surface area contributed by atoms with Crippen LogP contribution in [0.15, 0.2) is 29.6 Å². The second kappa shape index (κ2) is 8.56. The Hall–Kier alpha value is -1.76. The first-order valence-corrected chi connectivity index (χ1v) is 9.75. The summed E-state index contributed by atoms with van der Waals surface area (Å²) in [6, 6.07) is 8.51. The van der Waals surface area contributed by atoms with Gasteiger partial charge in [-0.1, -0.05) is 31.2 Å². The van der Waals surface area contributed by atoms with Crippen molar-refractivity contribution < 1.29 is 4.79 Å². The van der Waals surface area contributed by atoms with Gasteiger partial charge in [0.05, 0.1) is 0 Å². The number of piperidine rings is 1. The predicted octanol–water partition coefficient (Wildman–Crippen LogP) is 2.76. The Bertz CT molecular complexity index is 698. The van der Waals surface area contributed by atoms with Crippen molar-refractivity contribution in [2.24, 2.45) is 11.7 Å². The van der Waals surface area contributed by atoms with Gasteiger partial charge < -0.3 is 11.1 Å². The zero-order chi connectivity index (χ0) is 17.6. The summed E-state index contributed by atoms with van der Waals surface area (Å²) in [5, 5.41) is 5.44. The van der Waals surface area contributed by atoms with E-state index in [1.54, 1.807) is 5.38 Å². The second-order valence-corrected chi connectivity index (χ2v) is 7.75. The molecule has 1 aliphatic heterocycles. The molecular weight excluding hydrogens is 332 g/mol. The van der Waals surface area contributed by atoms with E-state index < -0.39 is 0 Å². The van der Waals surface area contributed by atoms with Crippen molar-refractivity contribution in [1.82, 2.24) is 15.2 Å². The first-order valence-electron chi connectivity index (χ1n) is 8.87. The Balaban J connectivity index is 1.49. The van der Waals surface area contributed by atoms with Crippen molar-refractivity contribution in [3.63, 3.8) is 0 Å². The number of carbonyl (C=O) groups is 1. The lowest BCUT2D eigenvalue weighted by molar-refractivity contribution is 0.0946. The zero-order valence-electron chi connectivity index (χ0n) is 14.7. The summed E-state index contributed by atoms with van der Waals surface area (Å²) in [6.45, 7) is 6.61. The molecule has 1 aromatic heterocycles. The normalized spacial score (nSPS) is 18.2. The van der Waals surface area contributed by atoms with Gasteiger partial charge in [-0.3, -0.25) is 9.69 Å². The molecule has 1 unspecified atom stereocenters. The minimum absolute atomic E-state index is 0.151. The SMILES string of the molecule is CC1CCCN(Cc2ccc(CNC(=O)c3csc(CN)n3)cc2)C1. The van der Waals surface area contributed by atoms with Gasteiger partial charge in [-0.05, 0) is 36.4 Å². The van der Waals surface area contributed by atoms with Crippen LogP contribution in [0.2, 0.25) is 0 Å². The fourth-order valence-corrected chi connectivity index (χ4v) is 3.89. The van der Waals surface area contributed by atoms with Crippen LogP contribution in [-0.4, -0.2) is 28.9 Å². The van der Waals surface area contributed by atoms with Crippen LogP contribution in [0.4, 0.5) is 0 Å². The van der Waals surface area contributed by atoms with Gasteiger partial charge in [0, 0.05) is 31.6 Å². The number of nitrogens with zero attached hydrogens (tertiary/aromatic N) is 2. The first kappa shape index (κ1) is 18.0. The average molecular weight is 359 g/mol. The van der Waals surface area contributed by atoms with Crippen molar-refractivity contribution in [1.29, 1.82) is 0 Å². The summed E-state index contributed by atoms with van der Waals surface area (Å²) in [5.74, 6) is 0.649. The molecule has 1 fully saturated rings. The highest BCUT2D eigenvalue weighted by atomic mass is 32.1. The van der Waals surface area contributed by atoms with Crippen LogP contribution in [0.25, 0.3) is 0 Å². The molecule has 25 heavy (non-hydrogen) atoms. The van der Waals surface area contributed by atoms with Crippen molar-refractivity contribution >= 4 is 17.2 Å². The standard InChI is InChI=1S/C19H26N4OS/c1-14-3-2-8-23(11-14)12-16-6-4-15(5-7-16)10-21-19(24)17-13-25-18(9-20)22-17/h4-7,13-14H,2-3,8-12,20H2,1H3,(H,21,24). The van der Waals surface area contributed by atoms with Crippen LogP contribution < -0.4 is 11.1 Å². The summed E-state index contributed by atoms with van der Waals surface area (Å²) in [6.07, 6.45) is 2.65. The number of thiazole rings is 1. The molecule has 0 spiro atoms. The van der Waals surface area contributed by atoms with Gasteiger partial charge >= 0.3 is 0 Å². The molecule has 3 N–H and O–H groups in total. The third-order valence-corrected chi connectivity index (χ3v) is 5.45. The number of amides is 1. The Kier molecular flexibility index (Phi) is 6.18. The molecule has 1 aromatic carbocycles. The maximum absolute atomic E-state index is 12.1. The van der Waals surface area contributed by atoms with Gasteiger partial charge in [0.1, 0.15) is 10.7 Å². The lowest BCUT2D eigenvalue weighted by Crippen LogP contribution is -2.33. The van der Waals surface area contributed by atoms with Crippen LogP contribution in [0, 0.1) is 5.92 Å². The van der Waals surface area contributed by atoms with Crippen molar-refractivity contribution in [2.75, 3.05) is 13.1 Å². The van der Waals surface area contributed by atoms with Gasteiger partial charge in [-0.15, -0.1) is 11.3 Å². The van der Waals surface area contributed by atoms with Crippen molar-refractivity contribution in [3.05, 3.63) is 51.5 Å². The number of carbonyl (C=O) groups excluding carboxylic acids is 1. The summed E-state index contributed by atoms with van der Waals surface area (Å²) >= 11 is 1.42. The van der Waals surface area contributed by atoms with Gasteiger partial charge in [0.25, 0.3) is 5.91 Å². The van der Waals surface area contributed by atoms with Gasteiger partial charge in [-0.2, -0.15) is 0 Å². The molecule has 0 bridgehead atoms. The number of hydrogen-bond donors (Lipinski definition) is 2. The van der Waals surface area contributed by atoms with E-state index in [1.165, 1.54) is 42.8 Å². The van der Waals surface area contributed by atoms with Crippen LogP contribution >= 0.6 is 11.3 Å². The Morgan fingerprint density at radius 2 is 2.12 bits per heavy atom. The third-order valence-electron chi connectivity index (χ3n) is 4.58. The van der Waals surface area contributed by atoms with E-state index >= 15 is 0 Å². The highest BCUT2D eigenvalue weighted by Crippen LogP contribution is 2.18. The van der Waals surface area contributed by atoms with E-state index in [4.69, 9.17) is 5.73 Å². The topological polar surface area (TPSA) is 71.2 Å². The lowest BCUT2D eigenvalue weighted by Gasteiger charge is -2.30. The van der Waals surface area contributed by atoms with E-state index in [0.717, 1.165) is 23.0 Å². The highest BCUT2D eigenvalue weighted by molar-refractivity contribution is 7.09. The highest BCUT2D eigenvalue weighted by Gasteiger charge is 2.16. The molecular formula is C19H26N4OS. The molecule has 1 aliphatic rings. The number of aromatic nitrogens is 1. The van der Waals surface area contributed by atoms with E-state index in [1.807, 2.05) is 0 Å². The number of benzene rings is 1. The summed E-state index contributed by atoms with van der Waals surface area (Å²) in [4.78, 5) is 18.8. The quantitative estimate of drug-likeness (QED) is 0.833. The molecule has 2 aromatic rings. The molecule has 6 heteroatoms. The molecule has 0 saturated carbocycles. The fourth-order valence-electron chi connectivity index (χ4n) is 3.23. The molecule has 0 aliphatic carbocycles. The third kappa shape index (κ3) is 5.11. The van der Waals surface area contributed by atoms with E-state index in [0.29, 0.717) is 18.8 Å². The number of nitrogens with one attached hydrogen (secondary N) is 1. The Morgan fingerprint density at radius 1 is 1.36 bits per heavy atom. The molecule has 2 heterocycles. The summed E-state index contributed by atoms with van der Waals surface area (Å²) < 4.78 is 0. The fraction of sp³-hybridized carbons (Fsp3) is 0.474. The number of hydrogen-bond acceptors (Lipinski definition) is 5. The smallest absolute Gasteiger partial charge is 0.271 e. The maximum atomic E-state index is 12.1. The maximum Gasteiger partial charge on any atom is 0.271 e. The van der Waals surface area contributed by atoms with E-state index in [2.05, 4.69) is 46.4 Å². The van der Waals surface area contributed by atoms with Gasteiger partial charge in [0.15, 0.2) is 0 Å². The van der Waals surface area contributed by atoms with Gasteiger partial charge in [-0.25, -0.2) is 4.98 Å². The molecule has 3 rings (SSSR count). The molecule has 5 nitrogen and oxygen atoms in total. The van der Waals surface area contributed by atoms with Gasteiger partial charge in [0.2, 0.25) is 0 Å². The molecule has 134 valence electrons. The van der Waals surface area contributed by atoms with Crippen LogP contribution in [0.1, 0.15) is 46.4 Å². The minimum Gasteiger partial charge on any atom is -0.347 e. The monoisotopic (exact) mass is 358 g/mol. The average Bonchev–Trinajstić information content (AvgIpc) is 3.10. The molecule has 1 atom stereocenters. The van der Waals surface area contributed by atoms with E-state index in [-0.39, 0.29) is 5.91 Å². The minimum atomic E-state index is -0.151. The van der Waals surface area contributed by atoms with E-state index in [9.17, 15) is 4.79 Å².